The molecule has 2 nitrogen and oxygen atoms in total. The van der Waals surface area contributed by atoms with Gasteiger partial charge < -0.3 is 5.11 Å². The quantitative estimate of drug-likeness (QED) is 0.755. The lowest BCUT2D eigenvalue weighted by atomic mass is 10.4. The van der Waals surface area contributed by atoms with Crippen LogP contribution >= 0.6 is 0 Å². The van der Waals surface area contributed by atoms with Crippen LogP contribution in [-0.2, 0) is 4.79 Å². The maximum absolute atomic E-state index is 11.7. The Bertz CT molecular complexity index is 272. The Kier molecular flexibility index (Phi) is 3.17. The van der Waals surface area contributed by atoms with Gasteiger partial charge >= 0.3 is 5.97 Å². The largest absolute Gasteiger partial charge is 0.481 e. The van der Waals surface area contributed by atoms with Gasteiger partial charge in [0, 0.05) is 6.42 Å². The van der Waals surface area contributed by atoms with Crippen molar-refractivity contribution in [2.24, 2.45) is 5.92 Å². The van der Waals surface area contributed by atoms with Crippen molar-refractivity contribution >= 4 is 5.97 Å². The minimum atomic E-state index is -2.91. The molecule has 0 spiro atoms. The lowest BCUT2D eigenvalue weighted by molar-refractivity contribution is -0.140. The van der Waals surface area contributed by atoms with E-state index in [9.17, 15) is 13.6 Å². The molecule has 1 saturated carbocycles. The van der Waals surface area contributed by atoms with E-state index in [1.807, 2.05) is 36.4 Å². The number of carboxylic acid groups (broad SMARTS) is 1. The summed E-state index contributed by atoms with van der Waals surface area (Å²) < 4.78 is 23.3. The zero-order chi connectivity index (χ0) is 10.6. The second-order valence-electron chi connectivity index (χ2n) is 3.01. The Balaban J connectivity index is 0.000000146. The van der Waals surface area contributed by atoms with E-state index in [1.54, 1.807) is 0 Å². The molecule has 1 aliphatic rings. The monoisotopic (exact) mass is 200 g/mol. The molecule has 1 aromatic rings. The van der Waals surface area contributed by atoms with Crippen LogP contribution in [0.3, 0.4) is 0 Å². The predicted octanol–water partition coefficient (Wildman–Crippen LogP) is 2.41. The van der Waals surface area contributed by atoms with E-state index in [2.05, 4.69) is 0 Å². The highest BCUT2D eigenvalue weighted by Gasteiger charge is 2.61. The summed E-state index contributed by atoms with van der Waals surface area (Å²) in [5.41, 5.74) is 0. The number of rotatable bonds is 1. The standard InChI is InChI=1S/C6H6.C4H4F2O2/c1-2-4-6-5-3-1;5-4(6)1-2(4)3(7)8/h1-6H;2H,1H2,(H,7,8). The first kappa shape index (κ1) is 10.6. The van der Waals surface area contributed by atoms with Crippen molar-refractivity contribution in [3.63, 3.8) is 0 Å². The van der Waals surface area contributed by atoms with Crippen LogP contribution in [0.1, 0.15) is 6.42 Å². The Morgan fingerprint density at radius 2 is 1.43 bits per heavy atom. The zero-order valence-electron chi connectivity index (χ0n) is 7.36. The summed E-state index contributed by atoms with van der Waals surface area (Å²) in [5.74, 6) is -5.70. The third-order valence-corrected chi connectivity index (χ3v) is 1.79. The highest BCUT2D eigenvalue weighted by Crippen LogP contribution is 2.48. The number of benzene rings is 1. The summed E-state index contributed by atoms with van der Waals surface area (Å²) in [6, 6.07) is 12.0. The van der Waals surface area contributed by atoms with Gasteiger partial charge in [0.25, 0.3) is 5.92 Å². The van der Waals surface area contributed by atoms with Crippen LogP contribution < -0.4 is 0 Å². The van der Waals surface area contributed by atoms with Gasteiger partial charge in [-0.2, -0.15) is 0 Å². The number of carbonyl (C=O) groups is 1. The van der Waals surface area contributed by atoms with Crippen molar-refractivity contribution in [1.82, 2.24) is 0 Å². The average Bonchev–Trinajstić information content (AvgIpc) is 2.80. The Labute approximate surface area is 80.2 Å². The number of halogens is 2. The second-order valence-corrected chi connectivity index (χ2v) is 3.01. The summed E-state index contributed by atoms with van der Waals surface area (Å²) in [5, 5.41) is 7.91. The van der Waals surface area contributed by atoms with Crippen LogP contribution in [0.5, 0.6) is 0 Å². The fourth-order valence-corrected chi connectivity index (χ4v) is 0.866. The molecule has 0 heterocycles. The maximum Gasteiger partial charge on any atom is 0.312 e. The van der Waals surface area contributed by atoms with E-state index in [0.717, 1.165) is 0 Å². The van der Waals surface area contributed by atoms with Crippen LogP contribution in [0.15, 0.2) is 36.4 Å². The lowest BCUT2D eigenvalue weighted by Gasteiger charge is -1.86. The van der Waals surface area contributed by atoms with Gasteiger partial charge in [-0.25, -0.2) is 8.78 Å². The fourth-order valence-electron chi connectivity index (χ4n) is 0.866. The molecule has 0 amide bonds. The molecular weight excluding hydrogens is 190 g/mol. The third-order valence-electron chi connectivity index (χ3n) is 1.79. The fraction of sp³-hybridized carbons (Fsp3) is 0.300. The van der Waals surface area contributed by atoms with Crippen molar-refractivity contribution in [3.8, 4) is 0 Å². The molecule has 0 bridgehead atoms. The number of carboxylic acids is 1. The van der Waals surface area contributed by atoms with Gasteiger partial charge in [-0.1, -0.05) is 36.4 Å². The van der Waals surface area contributed by atoms with E-state index in [1.165, 1.54) is 0 Å². The predicted molar refractivity (Wildman–Crippen MR) is 47.1 cm³/mol. The van der Waals surface area contributed by atoms with Crippen LogP contribution in [0, 0.1) is 5.92 Å². The molecule has 0 aromatic heterocycles. The Morgan fingerprint density at radius 1 is 1.14 bits per heavy atom. The van der Waals surface area contributed by atoms with E-state index < -0.39 is 24.2 Å². The molecule has 1 N–H and O–H groups in total. The number of alkyl halides is 2. The first-order chi connectivity index (χ1) is 6.54. The van der Waals surface area contributed by atoms with E-state index >= 15 is 0 Å². The molecule has 14 heavy (non-hydrogen) atoms. The number of hydrogen-bond donors (Lipinski definition) is 1. The van der Waals surface area contributed by atoms with Gasteiger partial charge in [0.2, 0.25) is 0 Å². The molecule has 1 unspecified atom stereocenters. The van der Waals surface area contributed by atoms with Gasteiger partial charge in [-0.05, 0) is 0 Å². The molecular formula is C10H10F2O2. The summed E-state index contributed by atoms with van der Waals surface area (Å²) in [6.45, 7) is 0. The van der Waals surface area contributed by atoms with Crippen molar-refractivity contribution in [2.75, 3.05) is 0 Å². The molecule has 76 valence electrons. The summed E-state index contributed by atoms with van der Waals surface area (Å²) in [6.07, 6.45) is -0.484. The molecule has 1 atom stereocenters. The summed E-state index contributed by atoms with van der Waals surface area (Å²) in [7, 11) is 0. The first-order valence-electron chi connectivity index (χ1n) is 4.14. The van der Waals surface area contributed by atoms with Crippen molar-refractivity contribution in [2.45, 2.75) is 12.3 Å². The topological polar surface area (TPSA) is 37.3 Å². The minimum absolute atomic E-state index is 0.484. The summed E-state index contributed by atoms with van der Waals surface area (Å²) >= 11 is 0. The molecule has 0 saturated heterocycles. The van der Waals surface area contributed by atoms with Crippen molar-refractivity contribution < 1.29 is 18.7 Å². The molecule has 0 radical (unpaired) electrons. The van der Waals surface area contributed by atoms with E-state index in [-0.39, 0.29) is 0 Å². The molecule has 1 fully saturated rings. The van der Waals surface area contributed by atoms with Crippen molar-refractivity contribution in [3.05, 3.63) is 36.4 Å². The Hall–Kier alpha value is -1.45. The Morgan fingerprint density at radius 3 is 1.50 bits per heavy atom. The number of hydrogen-bond acceptors (Lipinski definition) is 1. The van der Waals surface area contributed by atoms with Crippen LogP contribution in [0.25, 0.3) is 0 Å². The highest BCUT2D eigenvalue weighted by molar-refractivity contribution is 5.74. The third kappa shape index (κ3) is 3.12. The highest BCUT2D eigenvalue weighted by atomic mass is 19.3. The van der Waals surface area contributed by atoms with Gasteiger partial charge in [-0.15, -0.1) is 0 Å². The van der Waals surface area contributed by atoms with Crippen LogP contribution in [-0.4, -0.2) is 17.0 Å². The molecule has 1 aliphatic carbocycles. The molecule has 1 aromatic carbocycles. The molecule has 0 aliphatic heterocycles. The van der Waals surface area contributed by atoms with Gasteiger partial charge in [0.05, 0.1) is 0 Å². The number of aliphatic carboxylic acids is 1. The first-order valence-corrected chi connectivity index (χ1v) is 4.14. The average molecular weight is 200 g/mol. The molecule has 2 rings (SSSR count). The molecule has 4 heteroatoms. The second kappa shape index (κ2) is 4.17. The van der Waals surface area contributed by atoms with Gasteiger partial charge in [0.1, 0.15) is 5.92 Å². The SMILES string of the molecule is O=C(O)C1CC1(F)F.c1ccccc1. The van der Waals surface area contributed by atoms with E-state index in [4.69, 9.17) is 5.11 Å². The van der Waals surface area contributed by atoms with Gasteiger partial charge in [-0.3, -0.25) is 4.79 Å². The normalized spacial score (nSPS) is 21.7. The van der Waals surface area contributed by atoms with E-state index in [0.29, 0.717) is 0 Å². The summed E-state index contributed by atoms with van der Waals surface area (Å²) in [4.78, 5) is 9.70. The van der Waals surface area contributed by atoms with Crippen molar-refractivity contribution in [1.29, 1.82) is 0 Å². The maximum atomic E-state index is 11.7. The zero-order valence-corrected chi connectivity index (χ0v) is 7.36. The van der Waals surface area contributed by atoms with Gasteiger partial charge in [0.15, 0.2) is 0 Å². The smallest absolute Gasteiger partial charge is 0.312 e. The lowest BCUT2D eigenvalue weighted by Crippen LogP contribution is -2.04. The van der Waals surface area contributed by atoms with Crippen LogP contribution in [0.4, 0.5) is 8.78 Å². The minimum Gasteiger partial charge on any atom is -0.481 e. The van der Waals surface area contributed by atoms with Crippen LogP contribution in [0.2, 0.25) is 0 Å².